The Morgan fingerprint density at radius 3 is 2.69 bits per heavy atom. The van der Waals surface area contributed by atoms with Crippen LogP contribution in [0.25, 0.3) is 0 Å². The maximum absolute atomic E-state index is 15.0. The topological polar surface area (TPSA) is 78.4 Å². The fourth-order valence-electron chi connectivity index (χ4n) is 5.60. The van der Waals surface area contributed by atoms with Crippen molar-refractivity contribution < 1.29 is 18.7 Å². The van der Waals surface area contributed by atoms with Crippen LogP contribution in [-0.4, -0.2) is 53.7 Å². The third-order valence-electron chi connectivity index (χ3n) is 7.15. The van der Waals surface area contributed by atoms with Crippen LogP contribution < -0.4 is 5.32 Å². The zero-order valence-corrected chi connectivity index (χ0v) is 22.2. The van der Waals surface area contributed by atoms with Crippen LogP contribution in [0.2, 0.25) is 5.02 Å². The molecule has 1 fully saturated rings. The smallest absolute Gasteiger partial charge is 0.310 e. The lowest BCUT2D eigenvalue weighted by Gasteiger charge is -2.56. The molecule has 0 saturated carbocycles. The molecule has 1 atom stereocenters. The molecule has 36 heavy (non-hydrogen) atoms. The summed E-state index contributed by atoms with van der Waals surface area (Å²) in [5.74, 6) is -1.63. The SMILES string of the molecule is BC(B)(c1cccc(Cl)c1F)N1CCC(Cc2nc(Nc3nccs3)ccc2F)(C(=O)O)CC1(C)C. The van der Waals surface area contributed by atoms with E-state index in [0.29, 0.717) is 23.1 Å². The molecule has 1 aliphatic rings. The number of likely N-dealkylation sites (tertiary alicyclic amines) is 1. The highest BCUT2D eigenvalue weighted by Crippen LogP contribution is 2.47. The minimum absolute atomic E-state index is 0.0445. The largest absolute Gasteiger partial charge is 0.481 e. The molecule has 1 aromatic carbocycles. The molecule has 0 amide bonds. The molecule has 1 saturated heterocycles. The number of benzene rings is 1. The van der Waals surface area contributed by atoms with Gasteiger partial charge >= 0.3 is 5.97 Å². The van der Waals surface area contributed by atoms with E-state index in [-0.39, 0.29) is 30.0 Å². The van der Waals surface area contributed by atoms with Crippen LogP contribution in [0.15, 0.2) is 41.9 Å². The highest BCUT2D eigenvalue weighted by molar-refractivity contribution is 7.13. The number of carbonyl (C=O) groups is 1. The third-order valence-corrected chi connectivity index (χ3v) is 8.13. The van der Waals surface area contributed by atoms with E-state index in [1.54, 1.807) is 23.7 Å². The summed E-state index contributed by atoms with van der Waals surface area (Å²) >= 11 is 7.44. The van der Waals surface area contributed by atoms with Crippen molar-refractivity contribution in [2.24, 2.45) is 5.41 Å². The van der Waals surface area contributed by atoms with E-state index in [0.717, 1.165) is 0 Å². The second-order valence-corrected chi connectivity index (χ2v) is 11.7. The van der Waals surface area contributed by atoms with Gasteiger partial charge in [0.15, 0.2) is 5.13 Å². The van der Waals surface area contributed by atoms with Crippen LogP contribution in [0.5, 0.6) is 0 Å². The highest BCUT2D eigenvalue weighted by Gasteiger charge is 2.52. The number of piperidine rings is 1. The number of pyridine rings is 1. The zero-order chi connectivity index (χ0) is 26.3. The molecule has 188 valence electrons. The Balaban J connectivity index is 1.63. The Bertz CT molecular complexity index is 1280. The van der Waals surface area contributed by atoms with Crippen molar-refractivity contribution in [3.63, 3.8) is 0 Å². The molecule has 3 aromatic rings. The summed E-state index contributed by atoms with van der Waals surface area (Å²) in [6, 6.07) is 7.71. The van der Waals surface area contributed by atoms with Gasteiger partial charge in [0.05, 0.1) is 16.1 Å². The maximum Gasteiger partial charge on any atom is 0.310 e. The van der Waals surface area contributed by atoms with Gasteiger partial charge in [0.2, 0.25) is 0 Å². The molecule has 2 aromatic heterocycles. The summed E-state index contributed by atoms with van der Waals surface area (Å²) in [5, 5.41) is 15.1. The Morgan fingerprint density at radius 2 is 2.06 bits per heavy atom. The summed E-state index contributed by atoms with van der Waals surface area (Å²) < 4.78 is 29.8. The second-order valence-electron chi connectivity index (χ2n) is 10.4. The number of nitrogens with one attached hydrogen (secondary N) is 1. The number of aromatic nitrogens is 2. The summed E-state index contributed by atoms with van der Waals surface area (Å²) in [7, 11) is 3.82. The van der Waals surface area contributed by atoms with Crippen LogP contribution in [0.1, 0.15) is 37.9 Å². The number of rotatable bonds is 7. The Kier molecular flexibility index (Phi) is 7.20. The number of carboxylic acids is 1. The molecule has 0 spiro atoms. The van der Waals surface area contributed by atoms with Crippen molar-refractivity contribution >= 4 is 55.5 Å². The first-order valence-corrected chi connectivity index (χ1v) is 12.9. The number of aliphatic carboxylic acids is 1. The third kappa shape index (κ3) is 5.01. The fraction of sp³-hybridized carbons (Fsp3) is 0.375. The number of hydrogen-bond acceptors (Lipinski definition) is 6. The van der Waals surface area contributed by atoms with Crippen molar-refractivity contribution in [3.8, 4) is 0 Å². The predicted molar refractivity (Wildman–Crippen MR) is 144 cm³/mol. The van der Waals surface area contributed by atoms with Crippen molar-refractivity contribution in [1.29, 1.82) is 0 Å². The van der Waals surface area contributed by atoms with E-state index < -0.39 is 33.9 Å². The number of halogens is 3. The van der Waals surface area contributed by atoms with Gasteiger partial charge in [-0.1, -0.05) is 23.7 Å². The lowest BCUT2D eigenvalue weighted by Crippen LogP contribution is -2.64. The normalized spacial score (nSPS) is 20.2. The van der Waals surface area contributed by atoms with Gasteiger partial charge in [-0.3, -0.25) is 4.79 Å². The number of thiazole rings is 1. The quantitative estimate of drug-likeness (QED) is 0.453. The minimum atomic E-state index is -1.24. The Hall–Kier alpha value is -2.49. The van der Waals surface area contributed by atoms with Gasteiger partial charge in [0.25, 0.3) is 0 Å². The lowest BCUT2D eigenvalue weighted by molar-refractivity contribution is -0.157. The van der Waals surface area contributed by atoms with Gasteiger partial charge < -0.3 is 15.3 Å². The molecule has 1 aliphatic heterocycles. The first kappa shape index (κ1) is 26.6. The monoisotopic (exact) mass is 530 g/mol. The standard InChI is InChI=1S/C24H27B2ClF2N4O2S/c1-22(2)13-23(20(34)35,8-10-33(22)24(25,26)14-4-3-5-15(27)19(14)29)12-17-16(28)6-7-18(31-17)32-21-30-9-11-36-21/h3-7,9,11H,8,10,12-13,25-26H2,1-2H3,(H,34,35)(H,30,31,32). The molecule has 3 heterocycles. The lowest BCUT2D eigenvalue weighted by atomic mass is 9.53. The highest BCUT2D eigenvalue weighted by atomic mass is 35.5. The summed E-state index contributed by atoms with van der Waals surface area (Å²) in [6.07, 6.45) is 2.06. The Morgan fingerprint density at radius 1 is 1.31 bits per heavy atom. The van der Waals surface area contributed by atoms with Gasteiger partial charge in [-0.05, 0) is 62.3 Å². The summed E-state index contributed by atoms with van der Waals surface area (Å²) in [6.45, 7) is 4.26. The van der Waals surface area contributed by atoms with Gasteiger partial charge in [-0.25, -0.2) is 18.7 Å². The molecule has 12 heteroatoms. The summed E-state index contributed by atoms with van der Waals surface area (Å²) in [5.41, 5.74) is -1.36. The van der Waals surface area contributed by atoms with Crippen molar-refractivity contribution in [3.05, 3.63) is 69.8 Å². The van der Waals surface area contributed by atoms with Crippen LogP contribution in [0.4, 0.5) is 19.7 Å². The molecule has 4 rings (SSSR count). The predicted octanol–water partition coefficient (Wildman–Crippen LogP) is 3.78. The van der Waals surface area contributed by atoms with Gasteiger partial charge in [-0.15, -0.1) is 11.3 Å². The molecule has 2 N–H and O–H groups in total. The number of carboxylic acid groups (broad SMARTS) is 1. The van der Waals surface area contributed by atoms with Crippen LogP contribution in [0, 0.1) is 17.0 Å². The average molecular weight is 531 g/mol. The van der Waals surface area contributed by atoms with E-state index in [9.17, 15) is 18.7 Å². The maximum atomic E-state index is 15.0. The average Bonchev–Trinajstić information content (AvgIpc) is 3.30. The van der Waals surface area contributed by atoms with Crippen molar-refractivity contribution in [2.45, 2.75) is 44.0 Å². The molecule has 0 radical (unpaired) electrons. The van der Waals surface area contributed by atoms with Crippen molar-refractivity contribution in [2.75, 3.05) is 11.9 Å². The van der Waals surface area contributed by atoms with Gasteiger partial charge in [0, 0.05) is 23.5 Å². The van der Waals surface area contributed by atoms with E-state index in [1.807, 2.05) is 29.5 Å². The van der Waals surface area contributed by atoms with E-state index in [2.05, 4.69) is 20.2 Å². The number of anilines is 2. The fourth-order valence-corrected chi connectivity index (χ4v) is 6.31. The molecule has 1 unspecified atom stereocenters. The molecular formula is C24H27B2ClF2N4O2S. The molecule has 0 aliphatic carbocycles. The minimum Gasteiger partial charge on any atom is -0.481 e. The first-order chi connectivity index (χ1) is 16.9. The molecular weight excluding hydrogens is 503 g/mol. The summed E-state index contributed by atoms with van der Waals surface area (Å²) in [4.78, 5) is 23.3. The molecule has 6 nitrogen and oxygen atoms in total. The van der Waals surface area contributed by atoms with Crippen LogP contribution in [-0.2, 0) is 16.6 Å². The van der Waals surface area contributed by atoms with Crippen LogP contribution >= 0.6 is 22.9 Å². The van der Waals surface area contributed by atoms with Crippen molar-refractivity contribution in [1.82, 2.24) is 14.9 Å². The first-order valence-electron chi connectivity index (χ1n) is 11.6. The number of hydrogen-bond donors (Lipinski definition) is 2. The second kappa shape index (κ2) is 9.76. The number of nitrogens with zero attached hydrogens (tertiary/aromatic N) is 3. The van der Waals surface area contributed by atoms with E-state index in [1.165, 1.54) is 29.5 Å². The van der Waals surface area contributed by atoms with E-state index >= 15 is 0 Å². The van der Waals surface area contributed by atoms with Gasteiger partial charge in [0.1, 0.15) is 33.1 Å². The van der Waals surface area contributed by atoms with Gasteiger partial charge in [-0.2, -0.15) is 0 Å². The molecule has 0 bridgehead atoms. The van der Waals surface area contributed by atoms with Crippen LogP contribution in [0.3, 0.4) is 0 Å². The van der Waals surface area contributed by atoms with E-state index in [4.69, 9.17) is 11.6 Å². The Labute approximate surface area is 219 Å². The zero-order valence-electron chi connectivity index (χ0n) is 20.6.